The second-order valence-corrected chi connectivity index (χ2v) is 4.29. The van der Waals surface area contributed by atoms with Crippen molar-refractivity contribution in [2.24, 2.45) is 0 Å². The van der Waals surface area contributed by atoms with Crippen LogP contribution in [-0.4, -0.2) is 11.7 Å². The Morgan fingerprint density at radius 3 is 1.39 bits per heavy atom. The van der Waals surface area contributed by atoms with Gasteiger partial charge in [0, 0.05) is 6.61 Å². The molecule has 0 radical (unpaired) electrons. The standard InChI is InChI=1S/C7H16O.2C5H10/c1-2-3-4-5-6-7-8;2*1-3-5-4-2/h8H,2-7H2,1H3;2*3H,1,4-5H2,2H3. The molecule has 1 nitrogen and oxygen atoms in total. The molecule has 0 aromatic heterocycles. The van der Waals surface area contributed by atoms with Gasteiger partial charge < -0.3 is 5.11 Å². The van der Waals surface area contributed by atoms with E-state index in [9.17, 15) is 0 Å². The van der Waals surface area contributed by atoms with E-state index in [0.29, 0.717) is 6.61 Å². The van der Waals surface area contributed by atoms with Crippen LogP contribution in [-0.2, 0) is 0 Å². The van der Waals surface area contributed by atoms with E-state index in [-0.39, 0.29) is 0 Å². The lowest BCUT2D eigenvalue weighted by Gasteiger charge is -1.93. The normalized spacial score (nSPS) is 8.44. The highest BCUT2D eigenvalue weighted by molar-refractivity contribution is 4.63. The predicted molar refractivity (Wildman–Crippen MR) is 86.1 cm³/mol. The van der Waals surface area contributed by atoms with Gasteiger partial charge in [0.05, 0.1) is 0 Å². The van der Waals surface area contributed by atoms with Crippen LogP contribution in [0.3, 0.4) is 0 Å². The molecule has 1 N–H and O–H groups in total. The zero-order chi connectivity index (χ0) is 14.5. The molecule has 0 aromatic carbocycles. The van der Waals surface area contributed by atoms with Gasteiger partial charge in [-0.1, -0.05) is 71.4 Å². The zero-order valence-corrected chi connectivity index (χ0v) is 13.1. The molecule has 110 valence electrons. The summed E-state index contributed by atoms with van der Waals surface area (Å²) in [6.45, 7) is 13.9. The first-order valence-corrected chi connectivity index (χ1v) is 7.57. The fourth-order valence-corrected chi connectivity index (χ4v) is 1.12. The van der Waals surface area contributed by atoms with Gasteiger partial charge in [0.15, 0.2) is 0 Å². The summed E-state index contributed by atoms with van der Waals surface area (Å²) in [7, 11) is 0. The van der Waals surface area contributed by atoms with Gasteiger partial charge in [0.1, 0.15) is 0 Å². The van der Waals surface area contributed by atoms with E-state index in [1.165, 1.54) is 38.5 Å². The van der Waals surface area contributed by atoms with Gasteiger partial charge in [-0.25, -0.2) is 0 Å². The van der Waals surface area contributed by atoms with Crippen molar-refractivity contribution in [2.45, 2.75) is 78.6 Å². The van der Waals surface area contributed by atoms with Gasteiger partial charge in [0.25, 0.3) is 0 Å². The number of allylic oxidation sites excluding steroid dienone is 2. The second kappa shape index (κ2) is 29.9. The average Bonchev–Trinajstić information content (AvgIpc) is 2.38. The van der Waals surface area contributed by atoms with Crippen molar-refractivity contribution in [3.05, 3.63) is 25.3 Å². The maximum Gasteiger partial charge on any atom is 0.0431 e. The first-order valence-electron chi connectivity index (χ1n) is 7.57. The van der Waals surface area contributed by atoms with Crippen LogP contribution >= 0.6 is 0 Å². The van der Waals surface area contributed by atoms with Crippen molar-refractivity contribution >= 4 is 0 Å². The number of rotatable bonds is 9. The molecule has 0 spiro atoms. The largest absolute Gasteiger partial charge is 0.396 e. The van der Waals surface area contributed by atoms with E-state index in [1.54, 1.807) is 0 Å². The number of unbranched alkanes of at least 4 members (excludes halogenated alkanes) is 6. The Bertz CT molecular complexity index is 114. The number of hydrogen-bond donors (Lipinski definition) is 1. The second-order valence-electron chi connectivity index (χ2n) is 4.29. The van der Waals surface area contributed by atoms with Crippen molar-refractivity contribution in [1.29, 1.82) is 0 Å². The molecule has 0 fully saturated rings. The molecule has 0 aliphatic rings. The number of aliphatic hydroxyl groups excluding tert-OH is 1. The Labute approximate surface area is 116 Å². The molecule has 0 unspecified atom stereocenters. The fourth-order valence-electron chi connectivity index (χ4n) is 1.12. The molecule has 0 saturated heterocycles. The first kappa shape index (κ1) is 22.6. The molecule has 0 bridgehead atoms. The molecule has 0 aliphatic carbocycles. The van der Waals surface area contributed by atoms with Crippen LogP contribution in [0, 0.1) is 0 Å². The highest BCUT2D eigenvalue weighted by Crippen LogP contribution is 2.00. The van der Waals surface area contributed by atoms with Gasteiger partial charge in [0.2, 0.25) is 0 Å². The smallest absolute Gasteiger partial charge is 0.0431 e. The molecule has 0 saturated carbocycles. The van der Waals surface area contributed by atoms with Gasteiger partial charge in [-0.3, -0.25) is 0 Å². The minimum absolute atomic E-state index is 0.365. The summed E-state index contributed by atoms with van der Waals surface area (Å²) in [4.78, 5) is 0. The van der Waals surface area contributed by atoms with Crippen molar-refractivity contribution in [2.75, 3.05) is 6.61 Å². The van der Waals surface area contributed by atoms with Crippen LogP contribution in [0.4, 0.5) is 0 Å². The summed E-state index contributed by atoms with van der Waals surface area (Å²) < 4.78 is 0. The third kappa shape index (κ3) is 45.2. The third-order valence-corrected chi connectivity index (χ3v) is 2.25. The van der Waals surface area contributed by atoms with Crippen LogP contribution in [0.1, 0.15) is 78.6 Å². The third-order valence-electron chi connectivity index (χ3n) is 2.25. The minimum atomic E-state index is 0.365. The molecule has 0 aromatic rings. The zero-order valence-electron chi connectivity index (χ0n) is 13.1. The van der Waals surface area contributed by atoms with E-state index in [0.717, 1.165) is 19.3 Å². The number of hydrogen-bond acceptors (Lipinski definition) is 1. The van der Waals surface area contributed by atoms with Crippen LogP contribution in [0.5, 0.6) is 0 Å². The van der Waals surface area contributed by atoms with Crippen LogP contribution < -0.4 is 0 Å². The Morgan fingerprint density at radius 2 is 1.17 bits per heavy atom. The molecule has 0 aliphatic heterocycles. The minimum Gasteiger partial charge on any atom is -0.396 e. The Balaban J connectivity index is -0.000000197. The van der Waals surface area contributed by atoms with E-state index in [2.05, 4.69) is 33.9 Å². The van der Waals surface area contributed by atoms with Crippen LogP contribution in [0.25, 0.3) is 0 Å². The van der Waals surface area contributed by atoms with Crippen molar-refractivity contribution in [3.63, 3.8) is 0 Å². The van der Waals surface area contributed by atoms with Gasteiger partial charge in [-0.05, 0) is 19.3 Å². The molecule has 0 rings (SSSR count). The Kier molecular flexibility index (Phi) is 37.6. The summed E-state index contributed by atoms with van der Waals surface area (Å²) in [6.07, 6.45) is 14.7. The molecule has 1 heteroatoms. The van der Waals surface area contributed by atoms with Crippen molar-refractivity contribution < 1.29 is 5.11 Å². The van der Waals surface area contributed by atoms with E-state index in [1.807, 2.05) is 12.2 Å². The lowest BCUT2D eigenvalue weighted by atomic mass is 10.2. The highest BCUT2D eigenvalue weighted by atomic mass is 16.2. The fraction of sp³-hybridized carbons (Fsp3) is 0.765. The average molecular weight is 256 g/mol. The lowest BCUT2D eigenvalue weighted by Crippen LogP contribution is -1.81. The lowest BCUT2D eigenvalue weighted by molar-refractivity contribution is 0.282. The molecular formula is C17H36O. The summed E-state index contributed by atoms with van der Waals surface area (Å²) in [6, 6.07) is 0. The molecule has 0 heterocycles. The summed E-state index contributed by atoms with van der Waals surface area (Å²) in [5.74, 6) is 0. The van der Waals surface area contributed by atoms with E-state index >= 15 is 0 Å². The van der Waals surface area contributed by atoms with Gasteiger partial charge >= 0.3 is 0 Å². The van der Waals surface area contributed by atoms with Gasteiger partial charge in [-0.2, -0.15) is 0 Å². The Hall–Kier alpha value is -0.560. The van der Waals surface area contributed by atoms with Gasteiger partial charge in [-0.15, -0.1) is 13.2 Å². The summed E-state index contributed by atoms with van der Waals surface area (Å²) in [5.41, 5.74) is 0. The quantitative estimate of drug-likeness (QED) is 0.402. The Morgan fingerprint density at radius 1 is 0.722 bits per heavy atom. The monoisotopic (exact) mass is 256 g/mol. The molecule has 0 amide bonds. The van der Waals surface area contributed by atoms with E-state index in [4.69, 9.17) is 5.11 Å². The maximum absolute atomic E-state index is 8.37. The van der Waals surface area contributed by atoms with Crippen LogP contribution in [0.15, 0.2) is 25.3 Å². The summed E-state index contributed by atoms with van der Waals surface area (Å²) >= 11 is 0. The van der Waals surface area contributed by atoms with Crippen molar-refractivity contribution in [3.8, 4) is 0 Å². The van der Waals surface area contributed by atoms with E-state index < -0.39 is 0 Å². The topological polar surface area (TPSA) is 20.2 Å². The summed E-state index contributed by atoms with van der Waals surface area (Å²) in [5, 5.41) is 8.37. The molecule has 0 atom stereocenters. The molecular weight excluding hydrogens is 220 g/mol. The van der Waals surface area contributed by atoms with Crippen LogP contribution in [0.2, 0.25) is 0 Å². The number of aliphatic hydroxyl groups is 1. The first-order chi connectivity index (χ1) is 8.74. The highest BCUT2D eigenvalue weighted by Gasteiger charge is 1.84. The van der Waals surface area contributed by atoms with Crippen molar-refractivity contribution in [1.82, 2.24) is 0 Å². The molecule has 18 heavy (non-hydrogen) atoms. The predicted octanol–water partition coefficient (Wildman–Crippen LogP) is 5.89. The maximum atomic E-state index is 8.37. The SMILES string of the molecule is C=CCCC.C=CCCC.CCCCCCCO.